The number of halogens is 1. The van der Waals surface area contributed by atoms with Gasteiger partial charge in [0.15, 0.2) is 5.78 Å². The number of ketones is 1. The summed E-state index contributed by atoms with van der Waals surface area (Å²) in [5, 5.41) is 12.3. The van der Waals surface area contributed by atoms with Gasteiger partial charge in [0.05, 0.1) is 48.8 Å². The van der Waals surface area contributed by atoms with E-state index in [1.807, 2.05) is 30.3 Å². The summed E-state index contributed by atoms with van der Waals surface area (Å²) < 4.78 is 11.4. The standard InChI is InChI=1S/C47H37ClN2O8/c1-57-32-23-37(51)40(38(24-32)58-2)41-33-20-21-34-39(45(55)49(43(34)53)30-18-16-27(17-19-30)42(52)26-10-5-3-6-11-26)35(33)25-36-44(54)50(31-15-9-14-29(48)22-31)46(56)47(36,41)28-12-7-4-8-13-28/h3-20,22-24,34-36,39,41,51H,21,25H2,1-2H3. The van der Waals surface area contributed by atoms with Crippen LogP contribution in [0.1, 0.15) is 45.8 Å². The van der Waals surface area contributed by atoms with Gasteiger partial charge in [-0.3, -0.25) is 28.9 Å². The quantitative estimate of drug-likeness (QED) is 0.0964. The fourth-order valence-electron chi connectivity index (χ4n) is 9.99. The van der Waals surface area contributed by atoms with E-state index in [0.717, 1.165) is 0 Å². The highest BCUT2D eigenvalue weighted by atomic mass is 35.5. The van der Waals surface area contributed by atoms with Gasteiger partial charge in [0.1, 0.15) is 17.2 Å². The van der Waals surface area contributed by atoms with Crippen molar-refractivity contribution in [1.82, 2.24) is 0 Å². The largest absolute Gasteiger partial charge is 0.507 e. The number of benzene rings is 5. The van der Waals surface area contributed by atoms with E-state index in [1.165, 1.54) is 30.1 Å². The van der Waals surface area contributed by atoms with Crippen molar-refractivity contribution in [3.8, 4) is 17.2 Å². The first-order valence-electron chi connectivity index (χ1n) is 19.0. The van der Waals surface area contributed by atoms with Crippen molar-refractivity contribution in [3.05, 3.63) is 160 Å². The summed E-state index contributed by atoms with van der Waals surface area (Å²) in [4.78, 5) is 75.3. The predicted octanol–water partition coefficient (Wildman–Crippen LogP) is 7.66. The van der Waals surface area contributed by atoms with Crippen molar-refractivity contribution < 1.29 is 38.6 Å². The molecule has 290 valence electrons. The number of nitrogens with zero attached hydrogens (tertiary/aromatic N) is 2. The zero-order valence-corrected chi connectivity index (χ0v) is 32.3. The van der Waals surface area contributed by atoms with Gasteiger partial charge in [-0.2, -0.15) is 0 Å². The molecule has 11 heteroatoms. The summed E-state index contributed by atoms with van der Waals surface area (Å²) in [6.07, 6.45) is 2.15. The molecule has 0 bridgehead atoms. The van der Waals surface area contributed by atoms with Gasteiger partial charge in [-0.1, -0.05) is 90.0 Å². The highest BCUT2D eigenvalue weighted by molar-refractivity contribution is 6.32. The molecule has 0 spiro atoms. The third-order valence-corrected chi connectivity index (χ3v) is 12.7. The Morgan fingerprint density at radius 1 is 0.724 bits per heavy atom. The van der Waals surface area contributed by atoms with Gasteiger partial charge in [0.2, 0.25) is 23.6 Å². The van der Waals surface area contributed by atoms with Gasteiger partial charge in [-0.15, -0.1) is 0 Å². The minimum atomic E-state index is -1.62. The third kappa shape index (κ3) is 5.42. The molecule has 6 unspecified atom stereocenters. The molecule has 4 aliphatic rings. The van der Waals surface area contributed by atoms with Gasteiger partial charge >= 0.3 is 0 Å². The van der Waals surface area contributed by atoms with Crippen molar-refractivity contribution in [3.63, 3.8) is 0 Å². The summed E-state index contributed by atoms with van der Waals surface area (Å²) in [6.45, 7) is 0. The van der Waals surface area contributed by atoms with Crippen LogP contribution >= 0.6 is 11.6 Å². The summed E-state index contributed by atoms with van der Waals surface area (Å²) >= 11 is 6.43. The monoisotopic (exact) mass is 792 g/mol. The van der Waals surface area contributed by atoms with Crippen molar-refractivity contribution >= 4 is 52.4 Å². The normalized spacial score (nSPS) is 24.9. The Hall–Kier alpha value is -6.52. The fraction of sp³-hybridized carbons (Fsp3) is 0.213. The molecule has 1 saturated carbocycles. The second-order valence-electron chi connectivity index (χ2n) is 15.1. The number of phenolic OH excluding ortho intramolecular Hbond substituents is 1. The van der Waals surface area contributed by atoms with E-state index in [2.05, 4.69) is 0 Å². The molecule has 5 aromatic carbocycles. The van der Waals surface area contributed by atoms with Gasteiger partial charge in [-0.05, 0) is 66.8 Å². The first-order chi connectivity index (χ1) is 28.1. The number of carbonyl (C=O) groups excluding carboxylic acids is 5. The van der Waals surface area contributed by atoms with Crippen LogP contribution in [0.4, 0.5) is 11.4 Å². The van der Waals surface area contributed by atoms with Crippen molar-refractivity contribution in [2.45, 2.75) is 24.2 Å². The van der Waals surface area contributed by atoms with E-state index in [4.69, 9.17) is 21.1 Å². The molecule has 0 aromatic heterocycles. The number of hydrogen-bond acceptors (Lipinski definition) is 8. The molecule has 0 radical (unpaired) electrons. The Morgan fingerprint density at radius 2 is 1.41 bits per heavy atom. The Kier molecular flexibility index (Phi) is 9.04. The zero-order chi connectivity index (χ0) is 40.5. The molecule has 2 saturated heterocycles. The maximum atomic E-state index is 15.6. The van der Waals surface area contributed by atoms with E-state index in [1.54, 1.807) is 91.0 Å². The summed E-state index contributed by atoms with van der Waals surface area (Å²) in [7, 11) is 2.91. The average Bonchev–Trinajstić information content (AvgIpc) is 3.64. The molecule has 9 rings (SSSR count). The number of amides is 4. The number of rotatable bonds is 8. The van der Waals surface area contributed by atoms with Crippen LogP contribution in [0.5, 0.6) is 17.2 Å². The van der Waals surface area contributed by atoms with Crippen LogP contribution in [0.2, 0.25) is 5.02 Å². The number of hydrogen-bond donors (Lipinski definition) is 1. The highest BCUT2D eigenvalue weighted by Crippen LogP contribution is 2.66. The zero-order valence-electron chi connectivity index (χ0n) is 31.5. The van der Waals surface area contributed by atoms with Gasteiger partial charge in [0.25, 0.3) is 0 Å². The van der Waals surface area contributed by atoms with E-state index in [9.17, 15) is 19.5 Å². The van der Waals surface area contributed by atoms with E-state index in [0.29, 0.717) is 44.4 Å². The lowest BCUT2D eigenvalue weighted by atomic mass is 9.49. The third-order valence-electron chi connectivity index (χ3n) is 12.4. The number of carbonyl (C=O) groups is 5. The number of phenols is 1. The number of anilines is 2. The van der Waals surface area contributed by atoms with Crippen LogP contribution < -0.4 is 19.3 Å². The maximum Gasteiger partial charge on any atom is 0.246 e. The lowest BCUT2D eigenvalue weighted by Gasteiger charge is -2.51. The van der Waals surface area contributed by atoms with Crippen LogP contribution in [0.15, 0.2) is 133 Å². The molecular formula is C47H37ClN2O8. The molecule has 3 fully saturated rings. The van der Waals surface area contributed by atoms with E-state index >= 15 is 9.59 Å². The first-order valence-corrected chi connectivity index (χ1v) is 19.4. The van der Waals surface area contributed by atoms with Crippen LogP contribution in [0.25, 0.3) is 0 Å². The SMILES string of the molecule is COc1cc(O)c(C2C3=CCC4C(=O)N(c5ccc(C(=O)c6ccccc6)cc5)C(=O)C4C3CC3C(=O)N(c4cccc(Cl)c4)C(=O)C32c2ccccc2)c(OC)c1. The number of ether oxygens (including phenoxy) is 2. The minimum Gasteiger partial charge on any atom is -0.507 e. The smallest absolute Gasteiger partial charge is 0.246 e. The first kappa shape index (κ1) is 37.1. The Morgan fingerprint density at radius 3 is 2.09 bits per heavy atom. The van der Waals surface area contributed by atoms with Gasteiger partial charge in [0, 0.05) is 39.8 Å². The molecule has 10 nitrogen and oxygen atoms in total. The Labute approximate surface area is 339 Å². The molecular weight excluding hydrogens is 756 g/mol. The number of aromatic hydroxyl groups is 1. The second-order valence-corrected chi connectivity index (χ2v) is 15.5. The van der Waals surface area contributed by atoms with Crippen molar-refractivity contribution in [2.24, 2.45) is 23.7 Å². The van der Waals surface area contributed by atoms with Crippen LogP contribution in [-0.2, 0) is 24.6 Å². The van der Waals surface area contributed by atoms with Gasteiger partial charge < -0.3 is 14.6 Å². The van der Waals surface area contributed by atoms with Crippen molar-refractivity contribution in [1.29, 1.82) is 0 Å². The number of methoxy groups -OCH3 is 2. The summed E-state index contributed by atoms with van der Waals surface area (Å²) in [5.74, 6) is -6.09. The Balaban J connectivity index is 1.20. The topological polar surface area (TPSA) is 131 Å². The average molecular weight is 793 g/mol. The molecule has 2 aliphatic heterocycles. The van der Waals surface area contributed by atoms with Crippen LogP contribution in [0.3, 0.4) is 0 Å². The van der Waals surface area contributed by atoms with Gasteiger partial charge in [-0.25, -0.2) is 4.90 Å². The summed E-state index contributed by atoms with van der Waals surface area (Å²) in [6, 6.07) is 33.9. The molecule has 6 atom stereocenters. The highest BCUT2D eigenvalue weighted by Gasteiger charge is 2.71. The second kappa shape index (κ2) is 14.1. The molecule has 2 aliphatic carbocycles. The Bertz CT molecular complexity index is 2560. The number of imide groups is 2. The van der Waals surface area contributed by atoms with Crippen LogP contribution in [0, 0.1) is 23.7 Å². The molecule has 4 amide bonds. The summed E-state index contributed by atoms with van der Waals surface area (Å²) in [5.41, 5.74) is 1.38. The number of allylic oxidation sites excluding steroid dienone is 2. The minimum absolute atomic E-state index is 0.0661. The lowest BCUT2D eigenvalue weighted by molar-refractivity contribution is -0.127. The predicted molar refractivity (Wildman–Crippen MR) is 216 cm³/mol. The molecule has 58 heavy (non-hydrogen) atoms. The van der Waals surface area contributed by atoms with Crippen LogP contribution in [-0.4, -0.2) is 48.7 Å². The molecule has 5 aromatic rings. The number of fused-ring (bicyclic) bond motifs is 4. The lowest BCUT2D eigenvalue weighted by Crippen LogP contribution is -2.53. The fourth-order valence-corrected chi connectivity index (χ4v) is 10.2. The maximum absolute atomic E-state index is 15.6. The van der Waals surface area contributed by atoms with Crippen molar-refractivity contribution in [2.75, 3.05) is 24.0 Å². The molecule has 1 N–H and O–H groups in total. The van der Waals surface area contributed by atoms with E-state index in [-0.39, 0.29) is 41.6 Å². The molecule has 2 heterocycles. The van der Waals surface area contributed by atoms with E-state index < -0.39 is 52.7 Å².